The number of phenols is 1. The largest absolute Gasteiger partial charge is 0.503 e. The number of nitrogens with zero attached hydrogens (tertiary/aromatic N) is 1. The predicted octanol–water partition coefficient (Wildman–Crippen LogP) is 5.55. The first kappa shape index (κ1) is 25.4. The van der Waals surface area contributed by atoms with Crippen molar-refractivity contribution >= 4 is 11.9 Å². The first-order valence-electron chi connectivity index (χ1n) is 11.9. The van der Waals surface area contributed by atoms with Gasteiger partial charge in [0.05, 0.1) is 0 Å². The molecule has 1 saturated heterocycles. The van der Waals surface area contributed by atoms with E-state index in [0.717, 1.165) is 48.9 Å². The number of benzene rings is 3. The van der Waals surface area contributed by atoms with Gasteiger partial charge in [-0.1, -0.05) is 30.3 Å². The summed E-state index contributed by atoms with van der Waals surface area (Å²) < 4.78 is 39.3. The highest BCUT2D eigenvalue weighted by molar-refractivity contribution is 5.95. The fraction of sp³-hybridized carbons (Fsp3) is 0.276. The minimum atomic E-state index is -1.10. The Kier molecular flexibility index (Phi) is 8.33. The molecule has 36 heavy (non-hydrogen) atoms. The van der Waals surface area contributed by atoms with Crippen LogP contribution >= 0.6 is 0 Å². The summed E-state index contributed by atoms with van der Waals surface area (Å²) in [5, 5.41) is 9.39. The summed E-state index contributed by atoms with van der Waals surface area (Å²) in [5.41, 5.74) is 1.57. The molecule has 1 aliphatic rings. The average Bonchev–Trinajstić information content (AvgIpc) is 2.88. The van der Waals surface area contributed by atoms with E-state index in [0.29, 0.717) is 5.75 Å². The van der Waals surface area contributed by atoms with E-state index in [9.17, 15) is 18.7 Å². The van der Waals surface area contributed by atoms with Gasteiger partial charge < -0.3 is 19.5 Å². The Bertz CT molecular complexity index is 1240. The van der Waals surface area contributed by atoms with Crippen molar-refractivity contribution in [3.63, 3.8) is 0 Å². The monoisotopic (exact) mass is 493 g/mol. The van der Waals surface area contributed by atoms with Crippen molar-refractivity contribution in [3.8, 4) is 17.2 Å². The quantitative estimate of drug-likeness (QED) is 0.396. The van der Waals surface area contributed by atoms with Gasteiger partial charge in [0.25, 0.3) is 0 Å². The molecule has 3 aromatic rings. The van der Waals surface area contributed by atoms with E-state index in [1.807, 2.05) is 48.5 Å². The molecule has 1 heterocycles. The fourth-order valence-corrected chi connectivity index (χ4v) is 4.08. The van der Waals surface area contributed by atoms with Gasteiger partial charge in [0.1, 0.15) is 24.2 Å². The van der Waals surface area contributed by atoms with Crippen molar-refractivity contribution in [1.82, 2.24) is 4.90 Å². The van der Waals surface area contributed by atoms with Crippen LogP contribution in [-0.4, -0.2) is 42.0 Å². The molecule has 0 bridgehead atoms. The van der Waals surface area contributed by atoms with Crippen LogP contribution in [-0.2, 0) is 17.8 Å². The summed E-state index contributed by atoms with van der Waals surface area (Å²) in [6.45, 7) is 2.31. The summed E-state index contributed by atoms with van der Waals surface area (Å²) >= 11 is 0. The van der Waals surface area contributed by atoms with Crippen molar-refractivity contribution in [3.05, 3.63) is 95.1 Å². The number of phenolic OH excluding ortho intramolecular Hbond substituents is 1. The van der Waals surface area contributed by atoms with Gasteiger partial charge in [-0.05, 0) is 67.4 Å². The lowest BCUT2D eigenvalue weighted by atomic mass is 10.0. The van der Waals surface area contributed by atoms with E-state index in [1.54, 1.807) is 0 Å². The summed E-state index contributed by atoms with van der Waals surface area (Å²) in [6, 6.07) is 17.1. The number of allylic oxidation sites excluding steroid dienone is 1. The molecule has 0 unspecified atom stereocenters. The highest BCUT2D eigenvalue weighted by atomic mass is 19.1. The number of likely N-dealkylation sites (tertiary alicyclic amines) is 1. The molecule has 0 amide bonds. The number of halogens is 2. The van der Waals surface area contributed by atoms with Crippen molar-refractivity contribution in [2.24, 2.45) is 0 Å². The molecule has 0 spiro atoms. The van der Waals surface area contributed by atoms with Gasteiger partial charge >= 0.3 is 0 Å². The molecule has 4 rings (SSSR count). The Hall–Kier alpha value is -3.71. The minimum absolute atomic E-state index is 0.0683. The van der Waals surface area contributed by atoms with Crippen molar-refractivity contribution in [1.29, 1.82) is 0 Å². The molecule has 0 aliphatic carbocycles. The van der Waals surface area contributed by atoms with Crippen LogP contribution < -0.4 is 9.47 Å². The molecule has 0 saturated carbocycles. The summed E-state index contributed by atoms with van der Waals surface area (Å²) in [7, 11) is 2.11. The van der Waals surface area contributed by atoms with E-state index >= 15 is 0 Å². The molecule has 0 atom stereocenters. The number of aromatic hydroxyl groups is 1. The maximum absolute atomic E-state index is 14.0. The van der Waals surface area contributed by atoms with Crippen LogP contribution in [0.2, 0.25) is 0 Å². The number of hydrogen-bond acceptors (Lipinski definition) is 5. The zero-order chi connectivity index (χ0) is 25.5. The molecule has 0 aromatic heterocycles. The molecule has 1 fully saturated rings. The number of carbonyl (C=O) groups is 1. The summed E-state index contributed by atoms with van der Waals surface area (Å²) in [5.74, 6) is -2.03. The summed E-state index contributed by atoms with van der Waals surface area (Å²) in [6.07, 6.45) is 4.72. The first-order valence-corrected chi connectivity index (χ1v) is 11.9. The second-order valence-corrected chi connectivity index (χ2v) is 8.93. The van der Waals surface area contributed by atoms with E-state index in [4.69, 9.17) is 9.47 Å². The number of rotatable bonds is 9. The third-order valence-corrected chi connectivity index (χ3v) is 6.20. The number of ketones is 1. The van der Waals surface area contributed by atoms with Gasteiger partial charge in [0.15, 0.2) is 23.2 Å². The van der Waals surface area contributed by atoms with Crippen LogP contribution in [0.25, 0.3) is 6.08 Å². The van der Waals surface area contributed by atoms with Gasteiger partial charge in [-0.15, -0.1) is 0 Å². The maximum Gasteiger partial charge on any atom is 0.188 e. The highest BCUT2D eigenvalue weighted by Crippen LogP contribution is 2.25. The van der Waals surface area contributed by atoms with Crippen LogP contribution in [0.3, 0.4) is 0 Å². The topological polar surface area (TPSA) is 59.0 Å². The van der Waals surface area contributed by atoms with E-state index in [2.05, 4.69) is 11.9 Å². The number of piperidine rings is 1. The standard InChI is InChI=1S/C29H29F2NO4/c1-32-15-13-24(14-16-32)36-26-8-4-7-25(18-26)35-19-22-6-3-2-5-21(22)17-23(33)11-9-20-10-12-27(30)29(34)28(20)31/h2-12,18,24,34H,13-17,19H2,1H3/b11-9+. The SMILES string of the molecule is CN1CCC(Oc2cccc(OCc3ccccc3CC(=O)/C=C/c3ccc(F)c(O)c3F)c2)CC1. The normalized spacial score (nSPS) is 14.8. The van der Waals surface area contributed by atoms with Crippen molar-refractivity contribution < 1.29 is 28.2 Å². The zero-order valence-electron chi connectivity index (χ0n) is 20.1. The minimum Gasteiger partial charge on any atom is -0.503 e. The number of ether oxygens (including phenoxy) is 2. The van der Waals surface area contributed by atoms with Crippen LogP contribution in [0.15, 0.2) is 66.7 Å². The van der Waals surface area contributed by atoms with Crippen molar-refractivity contribution in [2.75, 3.05) is 20.1 Å². The van der Waals surface area contributed by atoms with Crippen LogP contribution in [0.5, 0.6) is 17.2 Å². The summed E-state index contributed by atoms with van der Waals surface area (Å²) in [4.78, 5) is 14.8. The molecule has 188 valence electrons. The second kappa shape index (κ2) is 11.8. The van der Waals surface area contributed by atoms with E-state index in [-0.39, 0.29) is 30.5 Å². The highest BCUT2D eigenvalue weighted by Gasteiger charge is 2.18. The molecular formula is C29H29F2NO4. The average molecular weight is 494 g/mol. The number of carbonyl (C=O) groups excluding carboxylic acids is 1. The van der Waals surface area contributed by atoms with Gasteiger partial charge in [0.2, 0.25) is 0 Å². The molecule has 3 aromatic carbocycles. The third-order valence-electron chi connectivity index (χ3n) is 6.20. The Morgan fingerprint density at radius 3 is 2.53 bits per heavy atom. The van der Waals surface area contributed by atoms with E-state index < -0.39 is 17.4 Å². The maximum atomic E-state index is 14.0. The van der Waals surface area contributed by atoms with Gasteiger partial charge in [-0.3, -0.25) is 4.79 Å². The van der Waals surface area contributed by atoms with E-state index in [1.165, 1.54) is 18.2 Å². The molecule has 5 nitrogen and oxygen atoms in total. The molecule has 7 heteroatoms. The Morgan fingerprint density at radius 2 is 1.75 bits per heavy atom. The van der Waals surface area contributed by atoms with Crippen molar-refractivity contribution in [2.45, 2.75) is 32.0 Å². The Morgan fingerprint density at radius 1 is 1.03 bits per heavy atom. The fourth-order valence-electron chi connectivity index (χ4n) is 4.08. The smallest absolute Gasteiger partial charge is 0.188 e. The molecule has 1 N–H and O–H groups in total. The van der Waals surface area contributed by atoms with Gasteiger partial charge in [-0.25, -0.2) is 8.78 Å². The third kappa shape index (κ3) is 6.70. The van der Waals surface area contributed by atoms with Crippen LogP contribution in [0.4, 0.5) is 8.78 Å². The Labute approximate surface area is 209 Å². The lowest BCUT2D eigenvalue weighted by Gasteiger charge is -2.29. The van der Waals surface area contributed by atoms with Gasteiger partial charge in [0, 0.05) is 31.1 Å². The van der Waals surface area contributed by atoms with Crippen LogP contribution in [0, 0.1) is 11.6 Å². The van der Waals surface area contributed by atoms with Crippen LogP contribution in [0.1, 0.15) is 29.5 Å². The molecule has 1 aliphatic heterocycles. The lowest BCUT2D eigenvalue weighted by molar-refractivity contribution is -0.113. The predicted molar refractivity (Wildman–Crippen MR) is 134 cm³/mol. The lowest BCUT2D eigenvalue weighted by Crippen LogP contribution is -2.35. The zero-order valence-corrected chi connectivity index (χ0v) is 20.1. The van der Waals surface area contributed by atoms with Gasteiger partial charge in [-0.2, -0.15) is 0 Å². The number of hydrogen-bond donors (Lipinski definition) is 1. The molecular weight excluding hydrogens is 464 g/mol. The molecule has 0 radical (unpaired) electrons. The Balaban J connectivity index is 1.36. The second-order valence-electron chi connectivity index (χ2n) is 8.93. The first-order chi connectivity index (χ1) is 17.4.